The molecule has 0 aromatic rings. The molecule has 3 nitrogen and oxygen atoms in total. The van der Waals surface area contributed by atoms with Gasteiger partial charge in [-0.25, -0.2) is 0 Å². The third-order valence-corrected chi connectivity index (χ3v) is 4.86. The molecule has 1 heterocycles. The Balaban J connectivity index is 1.99. The standard InChI is InChI=1S/C17H34N2O/c1-5-18-12-17(9-7-6-8-10-17)14-19-11-15(2)20-16(3,4)13-19/h15,18H,5-14H2,1-4H3. The second-order valence-electron chi connectivity index (χ2n) is 7.70. The molecule has 0 spiro atoms. The average Bonchev–Trinajstić information content (AvgIpc) is 2.35. The smallest absolute Gasteiger partial charge is 0.0757 e. The van der Waals surface area contributed by atoms with Gasteiger partial charge < -0.3 is 10.1 Å². The van der Waals surface area contributed by atoms with Gasteiger partial charge in [0, 0.05) is 26.2 Å². The van der Waals surface area contributed by atoms with Crippen LogP contribution in [0.5, 0.6) is 0 Å². The van der Waals surface area contributed by atoms with E-state index in [0.717, 1.165) is 19.6 Å². The molecule has 1 saturated heterocycles. The molecule has 2 aliphatic rings. The second-order valence-corrected chi connectivity index (χ2v) is 7.70. The van der Waals surface area contributed by atoms with Crippen molar-refractivity contribution >= 4 is 0 Å². The number of rotatable bonds is 5. The summed E-state index contributed by atoms with van der Waals surface area (Å²) in [5.41, 5.74) is 0.507. The first kappa shape index (κ1) is 16.3. The molecule has 0 amide bonds. The lowest BCUT2D eigenvalue weighted by atomic mass is 9.73. The first-order valence-electron chi connectivity index (χ1n) is 8.56. The molecule has 2 fully saturated rings. The van der Waals surface area contributed by atoms with Crippen molar-refractivity contribution in [1.82, 2.24) is 10.2 Å². The summed E-state index contributed by atoms with van der Waals surface area (Å²) in [4.78, 5) is 2.66. The molecule has 0 radical (unpaired) electrons. The van der Waals surface area contributed by atoms with Crippen LogP contribution in [-0.2, 0) is 4.74 Å². The van der Waals surface area contributed by atoms with Crippen LogP contribution >= 0.6 is 0 Å². The zero-order valence-corrected chi connectivity index (χ0v) is 14.0. The van der Waals surface area contributed by atoms with E-state index in [0.29, 0.717) is 11.5 Å². The van der Waals surface area contributed by atoms with Crippen molar-refractivity contribution in [3.63, 3.8) is 0 Å². The molecular formula is C17H34N2O. The van der Waals surface area contributed by atoms with Crippen molar-refractivity contribution in [3.8, 4) is 0 Å². The van der Waals surface area contributed by atoms with Gasteiger partial charge in [0.1, 0.15) is 0 Å². The number of nitrogens with zero attached hydrogens (tertiary/aromatic N) is 1. The Morgan fingerprint density at radius 2 is 1.90 bits per heavy atom. The molecule has 1 unspecified atom stereocenters. The van der Waals surface area contributed by atoms with E-state index in [2.05, 4.69) is 37.9 Å². The molecule has 0 bridgehead atoms. The van der Waals surface area contributed by atoms with Gasteiger partial charge in [-0.1, -0.05) is 26.2 Å². The Kier molecular flexibility index (Phi) is 5.49. The molecule has 20 heavy (non-hydrogen) atoms. The van der Waals surface area contributed by atoms with E-state index in [-0.39, 0.29) is 5.60 Å². The van der Waals surface area contributed by atoms with Crippen LogP contribution in [0, 0.1) is 5.41 Å². The minimum atomic E-state index is 0.00566. The van der Waals surface area contributed by atoms with Crippen molar-refractivity contribution in [2.45, 2.75) is 71.5 Å². The number of ether oxygens (including phenoxy) is 1. The van der Waals surface area contributed by atoms with Gasteiger partial charge in [0.2, 0.25) is 0 Å². The summed E-state index contributed by atoms with van der Waals surface area (Å²) >= 11 is 0. The first-order valence-corrected chi connectivity index (χ1v) is 8.56. The topological polar surface area (TPSA) is 24.5 Å². The fraction of sp³-hybridized carbons (Fsp3) is 1.00. The highest BCUT2D eigenvalue weighted by Crippen LogP contribution is 2.37. The van der Waals surface area contributed by atoms with Gasteiger partial charge in [0.25, 0.3) is 0 Å². The maximum Gasteiger partial charge on any atom is 0.0757 e. The second kappa shape index (κ2) is 6.76. The third-order valence-electron chi connectivity index (χ3n) is 4.86. The summed E-state index contributed by atoms with van der Waals surface area (Å²) in [6, 6.07) is 0. The number of hydrogen-bond donors (Lipinski definition) is 1. The third kappa shape index (κ3) is 4.44. The van der Waals surface area contributed by atoms with Crippen molar-refractivity contribution < 1.29 is 4.74 Å². The van der Waals surface area contributed by atoms with Crippen LogP contribution in [0.25, 0.3) is 0 Å². The van der Waals surface area contributed by atoms with Crippen LogP contribution in [0.1, 0.15) is 59.8 Å². The van der Waals surface area contributed by atoms with Crippen molar-refractivity contribution in [1.29, 1.82) is 0 Å². The Hall–Kier alpha value is -0.120. The zero-order chi connectivity index (χ0) is 14.6. The van der Waals surface area contributed by atoms with E-state index < -0.39 is 0 Å². The lowest BCUT2D eigenvalue weighted by molar-refractivity contribution is -0.136. The summed E-state index contributed by atoms with van der Waals surface area (Å²) in [5.74, 6) is 0. The van der Waals surface area contributed by atoms with Crippen LogP contribution in [0.2, 0.25) is 0 Å². The fourth-order valence-electron chi connectivity index (χ4n) is 4.26. The normalized spacial score (nSPS) is 30.3. The van der Waals surface area contributed by atoms with E-state index in [1.165, 1.54) is 45.2 Å². The minimum absolute atomic E-state index is 0.00566. The van der Waals surface area contributed by atoms with Crippen molar-refractivity contribution in [3.05, 3.63) is 0 Å². The van der Waals surface area contributed by atoms with Crippen LogP contribution < -0.4 is 5.32 Å². The van der Waals surface area contributed by atoms with Crippen LogP contribution in [0.3, 0.4) is 0 Å². The van der Waals surface area contributed by atoms with Crippen LogP contribution in [-0.4, -0.2) is 49.3 Å². The Labute approximate surface area is 125 Å². The highest BCUT2D eigenvalue weighted by Gasteiger charge is 2.38. The average molecular weight is 282 g/mol. The van der Waals surface area contributed by atoms with Crippen LogP contribution in [0.15, 0.2) is 0 Å². The molecule has 1 aliphatic heterocycles. The van der Waals surface area contributed by atoms with Crippen LogP contribution in [0.4, 0.5) is 0 Å². The highest BCUT2D eigenvalue weighted by atomic mass is 16.5. The van der Waals surface area contributed by atoms with Gasteiger partial charge in [-0.15, -0.1) is 0 Å². The van der Waals surface area contributed by atoms with Crippen molar-refractivity contribution in [2.75, 3.05) is 32.7 Å². The lowest BCUT2D eigenvalue weighted by Crippen LogP contribution is -2.56. The van der Waals surface area contributed by atoms with E-state index in [1.54, 1.807) is 0 Å². The highest BCUT2D eigenvalue weighted by molar-refractivity contribution is 4.91. The first-order chi connectivity index (χ1) is 9.45. The van der Waals surface area contributed by atoms with Crippen molar-refractivity contribution in [2.24, 2.45) is 5.41 Å². The summed E-state index contributed by atoms with van der Waals surface area (Å²) in [6.45, 7) is 14.6. The zero-order valence-electron chi connectivity index (χ0n) is 14.0. The molecule has 1 saturated carbocycles. The molecule has 1 aliphatic carbocycles. The molecule has 1 N–H and O–H groups in total. The molecule has 1 atom stereocenters. The summed E-state index contributed by atoms with van der Waals surface area (Å²) in [7, 11) is 0. The fourth-order valence-corrected chi connectivity index (χ4v) is 4.26. The Bertz CT molecular complexity index is 297. The molecule has 3 heteroatoms. The molecule has 2 rings (SSSR count). The molecular weight excluding hydrogens is 248 g/mol. The summed E-state index contributed by atoms with van der Waals surface area (Å²) < 4.78 is 6.05. The van der Waals surface area contributed by atoms with Gasteiger partial charge in [-0.3, -0.25) is 4.90 Å². The lowest BCUT2D eigenvalue weighted by Gasteiger charge is -2.47. The predicted molar refractivity (Wildman–Crippen MR) is 85.1 cm³/mol. The summed E-state index contributed by atoms with van der Waals surface area (Å²) in [5, 5.41) is 3.62. The molecule has 0 aromatic carbocycles. The predicted octanol–water partition coefficient (Wildman–Crippen LogP) is 3.05. The van der Waals surface area contributed by atoms with E-state index in [4.69, 9.17) is 4.74 Å². The van der Waals surface area contributed by atoms with Gasteiger partial charge in [-0.05, 0) is 45.6 Å². The molecule has 0 aromatic heterocycles. The number of nitrogens with one attached hydrogen (secondary N) is 1. The van der Waals surface area contributed by atoms with Gasteiger partial charge in [-0.2, -0.15) is 0 Å². The maximum atomic E-state index is 6.05. The van der Waals surface area contributed by atoms with E-state index >= 15 is 0 Å². The monoisotopic (exact) mass is 282 g/mol. The van der Waals surface area contributed by atoms with Gasteiger partial charge in [0.05, 0.1) is 11.7 Å². The quantitative estimate of drug-likeness (QED) is 0.839. The largest absolute Gasteiger partial charge is 0.370 e. The van der Waals surface area contributed by atoms with Gasteiger partial charge >= 0.3 is 0 Å². The maximum absolute atomic E-state index is 6.05. The number of hydrogen-bond acceptors (Lipinski definition) is 3. The Morgan fingerprint density at radius 1 is 1.20 bits per heavy atom. The van der Waals surface area contributed by atoms with E-state index in [9.17, 15) is 0 Å². The minimum Gasteiger partial charge on any atom is -0.370 e. The SMILES string of the molecule is CCNCC1(CN2CC(C)OC(C)(C)C2)CCCCC1. The summed E-state index contributed by atoms with van der Waals surface area (Å²) in [6.07, 6.45) is 7.40. The van der Waals surface area contributed by atoms with E-state index in [1.807, 2.05) is 0 Å². The Morgan fingerprint density at radius 3 is 2.50 bits per heavy atom. The molecule has 118 valence electrons. The number of morpholine rings is 1. The van der Waals surface area contributed by atoms with Gasteiger partial charge in [0.15, 0.2) is 0 Å².